The number of hydrogen-bond donors (Lipinski definition) is 1. The highest BCUT2D eigenvalue weighted by atomic mass is 35.5. The van der Waals surface area contributed by atoms with Gasteiger partial charge < -0.3 is 5.11 Å². The van der Waals surface area contributed by atoms with E-state index in [2.05, 4.69) is 11.1 Å². The zero-order valence-corrected chi connectivity index (χ0v) is 7.35. The minimum Gasteiger partial charge on any atom is -0.480 e. The molecule has 0 atom stereocenters. The maximum atomic E-state index is 9.39. The Morgan fingerprint density at radius 3 is 2.36 bits per heavy atom. The lowest BCUT2D eigenvalue weighted by atomic mass is 10.7. The van der Waals surface area contributed by atoms with Crippen LogP contribution in [0.5, 0.6) is 0 Å². The van der Waals surface area contributed by atoms with E-state index in [1.165, 1.54) is 6.08 Å². The smallest absolute Gasteiger partial charge is 0.327 e. The van der Waals surface area contributed by atoms with Crippen LogP contribution in [0.4, 0.5) is 0 Å². The van der Waals surface area contributed by atoms with Crippen molar-refractivity contribution >= 4 is 26.3 Å². The zero-order chi connectivity index (χ0) is 9.11. The normalized spacial score (nSPS) is 8.09. The number of halogens is 1. The molecule has 0 aliphatic heterocycles. The minimum absolute atomic E-state index is 0.276. The molecule has 0 heterocycles. The Morgan fingerprint density at radius 2 is 2.27 bits per heavy atom. The monoisotopic (exact) mass is 198 g/mol. The maximum absolute atomic E-state index is 9.39. The molecular weight excluding hydrogens is 190 g/mol. The predicted molar refractivity (Wildman–Crippen MR) is 42.1 cm³/mol. The van der Waals surface area contributed by atoms with Crippen LogP contribution in [-0.2, 0) is 13.9 Å². The number of rotatable bonds is 4. The topological polar surface area (TPSA) is 63.6 Å². The largest absolute Gasteiger partial charge is 0.480 e. The van der Waals surface area contributed by atoms with E-state index in [4.69, 9.17) is 16.7 Å². The first-order valence-corrected chi connectivity index (χ1v) is 3.78. The van der Waals surface area contributed by atoms with E-state index in [9.17, 15) is 9.36 Å². The van der Waals surface area contributed by atoms with Gasteiger partial charge in [-0.2, -0.15) is 0 Å². The van der Waals surface area contributed by atoms with E-state index >= 15 is 0 Å². The SMILES string of the molecule is C=CCOP=O.O=C(O)CCl. The number of carboxylic acids is 1. The fraction of sp³-hybridized carbons (Fsp3) is 0.400. The molecule has 0 spiro atoms. The third-order valence-electron chi connectivity index (χ3n) is 0.359. The summed E-state index contributed by atoms with van der Waals surface area (Å²) in [5.74, 6) is -1.29. The number of hydrogen-bond acceptors (Lipinski definition) is 3. The number of carbonyl (C=O) groups is 1. The molecule has 0 saturated heterocycles. The summed E-state index contributed by atoms with van der Waals surface area (Å²) in [6.07, 6.45) is 1.53. The lowest BCUT2D eigenvalue weighted by molar-refractivity contribution is -0.134. The van der Waals surface area contributed by atoms with Crippen molar-refractivity contribution in [1.29, 1.82) is 0 Å². The summed E-state index contributed by atoms with van der Waals surface area (Å²) in [7, 11) is -0.276. The van der Waals surface area contributed by atoms with Crippen LogP contribution in [0, 0.1) is 0 Å². The Balaban J connectivity index is 0. The molecule has 0 unspecified atom stereocenters. The molecule has 0 radical (unpaired) electrons. The molecule has 1 N–H and O–H groups in total. The molecule has 0 fully saturated rings. The molecule has 0 aromatic heterocycles. The summed E-state index contributed by atoms with van der Waals surface area (Å²) in [5, 5.41) is 7.59. The van der Waals surface area contributed by atoms with Crippen molar-refractivity contribution in [3.8, 4) is 0 Å². The van der Waals surface area contributed by atoms with E-state index in [0.29, 0.717) is 6.61 Å². The van der Waals surface area contributed by atoms with Gasteiger partial charge in [-0.1, -0.05) is 6.08 Å². The molecular formula is C5H8ClO4P. The van der Waals surface area contributed by atoms with E-state index in [-0.39, 0.29) is 14.6 Å². The standard InChI is InChI=1S/C3H5O2P.C2H3ClO2/c1-2-3-5-6-4;3-1-2(4)5/h2H,1,3H2;1H2,(H,4,5). The predicted octanol–water partition coefficient (Wildman–Crippen LogP) is 1.71. The van der Waals surface area contributed by atoms with E-state index in [0.717, 1.165) is 0 Å². The third-order valence-corrected chi connectivity index (χ3v) is 0.843. The quantitative estimate of drug-likeness (QED) is 0.323. The highest BCUT2D eigenvalue weighted by Gasteiger charge is 1.83. The lowest BCUT2D eigenvalue weighted by Crippen LogP contribution is -1.92. The second kappa shape index (κ2) is 12.3. The lowest BCUT2D eigenvalue weighted by Gasteiger charge is -1.76. The van der Waals surface area contributed by atoms with Gasteiger partial charge in [0.1, 0.15) is 5.88 Å². The van der Waals surface area contributed by atoms with Crippen LogP contribution in [-0.4, -0.2) is 23.6 Å². The average molecular weight is 199 g/mol. The van der Waals surface area contributed by atoms with Crippen LogP contribution in [0.25, 0.3) is 0 Å². The van der Waals surface area contributed by atoms with Gasteiger partial charge in [0.2, 0.25) is 0 Å². The fourth-order valence-electron chi connectivity index (χ4n) is 0.0831. The van der Waals surface area contributed by atoms with Crippen molar-refractivity contribution in [2.45, 2.75) is 0 Å². The highest BCUT2D eigenvalue weighted by Crippen LogP contribution is 1.90. The number of aliphatic carboxylic acids is 1. The van der Waals surface area contributed by atoms with Gasteiger partial charge in [0.15, 0.2) is 0 Å². The van der Waals surface area contributed by atoms with E-state index in [1.807, 2.05) is 0 Å². The molecule has 4 nitrogen and oxygen atoms in total. The Bertz CT molecular complexity index is 120. The Kier molecular flexibility index (Phi) is 14.7. The van der Waals surface area contributed by atoms with Gasteiger partial charge in [-0.3, -0.25) is 9.32 Å². The van der Waals surface area contributed by atoms with Crippen LogP contribution in [0.2, 0.25) is 0 Å². The van der Waals surface area contributed by atoms with Gasteiger partial charge >= 0.3 is 14.7 Å². The summed E-state index contributed by atoms with van der Waals surface area (Å²) < 4.78 is 13.7. The summed E-state index contributed by atoms with van der Waals surface area (Å²) in [5.41, 5.74) is 0. The first-order valence-electron chi connectivity index (χ1n) is 2.52. The molecule has 0 aromatic carbocycles. The van der Waals surface area contributed by atoms with Crippen LogP contribution in [0.15, 0.2) is 12.7 Å². The van der Waals surface area contributed by atoms with Crippen molar-refractivity contribution in [1.82, 2.24) is 0 Å². The van der Waals surface area contributed by atoms with Crippen molar-refractivity contribution in [2.75, 3.05) is 12.5 Å². The Hall–Kier alpha value is -0.440. The van der Waals surface area contributed by atoms with Gasteiger partial charge in [0.25, 0.3) is 0 Å². The van der Waals surface area contributed by atoms with Crippen molar-refractivity contribution in [3.05, 3.63) is 12.7 Å². The molecule has 0 rings (SSSR count). The number of alkyl halides is 1. The van der Waals surface area contributed by atoms with Crippen molar-refractivity contribution < 1.29 is 19.0 Å². The highest BCUT2D eigenvalue weighted by molar-refractivity contribution is 7.17. The molecule has 0 aromatic rings. The Labute approximate surface area is 71.1 Å². The second-order valence-corrected chi connectivity index (χ2v) is 1.86. The minimum atomic E-state index is -0.980. The molecule has 0 saturated carbocycles. The summed E-state index contributed by atoms with van der Waals surface area (Å²) in [4.78, 5) is 9.24. The van der Waals surface area contributed by atoms with Gasteiger partial charge in [0.05, 0.1) is 6.61 Å². The molecule has 0 amide bonds. The average Bonchev–Trinajstić information content (AvgIpc) is 2.02. The van der Waals surface area contributed by atoms with E-state index in [1.54, 1.807) is 0 Å². The van der Waals surface area contributed by atoms with Crippen molar-refractivity contribution in [2.24, 2.45) is 0 Å². The summed E-state index contributed by atoms with van der Waals surface area (Å²) >= 11 is 4.74. The first kappa shape index (κ1) is 13.2. The Morgan fingerprint density at radius 1 is 1.82 bits per heavy atom. The van der Waals surface area contributed by atoms with Crippen molar-refractivity contribution in [3.63, 3.8) is 0 Å². The molecule has 11 heavy (non-hydrogen) atoms. The first-order chi connectivity index (χ1) is 5.18. The van der Waals surface area contributed by atoms with Gasteiger partial charge in [-0.25, -0.2) is 4.57 Å². The summed E-state index contributed by atoms with van der Waals surface area (Å²) in [6.45, 7) is 3.68. The fourth-order valence-corrected chi connectivity index (χ4v) is 0.249. The van der Waals surface area contributed by atoms with E-state index < -0.39 is 5.97 Å². The number of carboxylic acid groups (broad SMARTS) is 1. The molecule has 64 valence electrons. The van der Waals surface area contributed by atoms with Gasteiger partial charge in [0, 0.05) is 0 Å². The zero-order valence-electron chi connectivity index (χ0n) is 5.70. The maximum Gasteiger partial charge on any atom is 0.327 e. The van der Waals surface area contributed by atoms with Gasteiger partial charge in [-0.05, 0) is 0 Å². The van der Waals surface area contributed by atoms with Crippen LogP contribution < -0.4 is 0 Å². The van der Waals surface area contributed by atoms with Crippen LogP contribution >= 0.6 is 20.3 Å². The molecule has 0 bridgehead atoms. The van der Waals surface area contributed by atoms with Gasteiger partial charge in [-0.15, -0.1) is 18.2 Å². The van der Waals surface area contributed by atoms with Crippen LogP contribution in [0.1, 0.15) is 0 Å². The third kappa shape index (κ3) is 26.3. The molecule has 0 aliphatic rings. The summed E-state index contributed by atoms with van der Waals surface area (Å²) in [6, 6.07) is 0. The second-order valence-electron chi connectivity index (χ2n) is 1.19. The van der Waals surface area contributed by atoms with Crippen LogP contribution in [0.3, 0.4) is 0 Å². The molecule has 6 heteroatoms. The molecule has 0 aliphatic carbocycles.